The van der Waals surface area contributed by atoms with Crippen LogP contribution < -0.4 is 0 Å². The first-order valence-electron chi connectivity index (χ1n) is 20.1. The van der Waals surface area contributed by atoms with E-state index in [0.29, 0.717) is 0 Å². The number of hydrogen-bond donors (Lipinski definition) is 0. The Bertz CT molecular complexity index is 1650. The predicted molar refractivity (Wildman–Crippen MR) is 242 cm³/mol. The van der Waals surface area contributed by atoms with Crippen LogP contribution >= 0.6 is 77.2 Å². The number of thiophene rings is 4. The molecule has 5 aromatic rings. The van der Waals surface area contributed by atoms with Gasteiger partial charge in [-0.2, -0.15) is 0 Å². The second-order valence-corrected chi connectivity index (χ2v) is 21.1. The monoisotopic (exact) mass is 900 g/mol. The number of nitrogens with zero attached hydrogens (tertiary/aromatic N) is 2. The van der Waals surface area contributed by atoms with E-state index in [2.05, 4.69) is 83.8 Å². The van der Waals surface area contributed by atoms with Crippen molar-refractivity contribution >= 4 is 77.2 Å². The van der Waals surface area contributed by atoms with Gasteiger partial charge in [0.1, 0.15) is 0 Å². The van der Waals surface area contributed by atoms with Gasteiger partial charge in [0.2, 0.25) is 0 Å². The maximum absolute atomic E-state index is 5.07. The molecule has 0 bridgehead atoms. The van der Waals surface area contributed by atoms with Gasteiger partial charge in [-0.05, 0) is 130 Å². The second kappa shape index (κ2) is 22.4. The van der Waals surface area contributed by atoms with Gasteiger partial charge in [0.15, 0.2) is 0 Å². The number of hydrogen-bond acceptors (Lipinski definition) is 6. The lowest BCUT2D eigenvalue weighted by Crippen LogP contribution is -1.87. The van der Waals surface area contributed by atoms with Crippen molar-refractivity contribution in [3.05, 3.63) is 66.5 Å². The Hall–Kier alpha value is -1.16. The summed E-state index contributed by atoms with van der Waals surface area (Å²) in [4.78, 5) is 18.2. The molecule has 0 radical (unpaired) electrons. The Kier molecular flexibility index (Phi) is 18.1. The molecule has 5 aromatic heterocycles. The van der Waals surface area contributed by atoms with Crippen LogP contribution in [0.2, 0.25) is 0 Å². The lowest BCUT2D eigenvalue weighted by atomic mass is 10.0. The smallest absolute Gasteiger partial charge is 0.0985 e. The van der Waals surface area contributed by atoms with Gasteiger partial charge in [-0.15, -0.1) is 45.3 Å². The predicted octanol–water partition coefficient (Wildman–Crippen LogP) is 17.4. The minimum absolute atomic E-state index is 0.983. The molecular weight excluding hydrogens is 845 g/mol. The lowest BCUT2D eigenvalue weighted by Gasteiger charge is -2.02. The van der Waals surface area contributed by atoms with Gasteiger partial charge in [-0.1, -0.05) is 105 Å². The standard InChI is InChI=1S/C44H58Br2N2S4/c1-5-9-13-17-21-31-25-37(49-41(31)39-27-33(43(45)51-39)23-19-15-11-7-3)35-29-48-36(30-47-35)38-26-32(22-18-14-10-6-2)42(50-38)40-28-34(44(46)52-40)24-20-16-12-8-4/h25-30H,5-24H2,1-4H3. The molecule has 0 N–H and O–H groups in total. The van der Waals surface area contributed by atoms with Crippen molar-refractivity contribution in [3.8, 4) is 40.7 Å². The van der Waals surface area contributed by atoms with Crippen molar-refractivity contribution in [2.75, 3.05) is 0 Å². The molecule has 0 aromatic carbocycles. The van der Waals surface area contributed by atoms with Crippen molar-refractivity contribution in [2.24, 2.45) is 0 Å². The summed E-state index contributed by atoms with van der Waals surface area (Å²) in [5.41, 5.74) is 7.83. The highest BCUT2D eigenvalue weighted by atomic mass is 79.9. The fourth-order valence-corrected chi connectivity index (χ4v) is 13.0. The van der Waals surface area contributed by atoms with Crippen LogP contribution in [0.1, 0.15) is 153 Å². The maximum atomic E-state index is 5.07. The van der Waals surface area contributed by atoms with Crippen LogP contribution in [0, 0.1) is 0 Å². The maximum Gasteiger partial charge on any atom is 0.0985 e. The van der Waals surface area contributed by atoms with Crippen LogP contribution in [-0.2, 0) is 25.7 Å². The first kappa shape index (κ1) is 42.0. The molecule has 2 nitrogen and oxygen atoms in total. The number of unbranched alkanes of at least 4 members (excludes halogenated alkanes) is 12. The summed E-state index contributed by atoms with van der Waals surface area (Å²) in [7, 11) is 0. The summed E-state index contributed by atoms with van der Waals surface area (Å²) in [5, 5.41) is 0. The zero-order valence-corrected chi connectivity index (χ0v) is 38.3. The van der Waals surface area contributed by atoms with Crippen LogP contribution in [0.5, 0.6) is 0 Å². The van der Waals surface area contributed by atoms with E-state index in [-0.39, 0.29) is 0 Å². The molecule has 5 rings (SSSR count). The molecule has 0 amide bonds. The number of rotatable bonds is 24. The highest BCUT2D eigenvalue weighted by Crippen LogP contribution is 2.46. The first-order chi connectivity index (χ1) is 25.4. The van der Waals surface area contributed by atoms with E-state index in [1.165, 1.54) is 162 Å². The highest BCUT2D eigenvalue weighted by Gasteiger charge is 2.20. The van der Waals surface area contributed by atoms with E-state index < -0.39 is 0 Å². The molecule has 0 spiro atoms. The van der Waals surface area contributed by atoms with Crippen molar-refractivity contribution in [1.29, 1.82) is 0 Å². The summed E-state index contributed by atoms with van der Waals surface area (Å²) in [6.45, 7) is 9.15. The van der Waals surface area contributed by atoms with Crippen LogP contribution in [0.25, 0.3) is 40.7 Å². The van der Waals surface area contributed by atoms with E-state index in [4.69, 9.17) is 9.97 Å². The third kappa shape index (κ3) is 11.9. The molecule has 0 aliphatic rings. The molecule has 0 atom stereocenters. The average molecular weight is 903 g/mol. The van der Waals surface area contributed by atoms with Gasteiger partial charge in [-0.3, -0.25) is 9.97 Å². The molecule has 0 fully saturated rings. The fraction of sp³-hybridized carbons (Fsp3) is 0.545. The van der Waals surface area contributed by atoms with Crippen molar-refractivity contribution in [2.45, 2.75) is 156 Å². The number of aromatic nitrogens is 2. The number of aryl methyl sites for hydroxylation is 4. The minimum Gasteiger partial charge on any atom is -0.251 e. The molecule has 282 valence electrons. The summed E-state index contributed by atoms with van der Waals surface area (Å²) in [6.07, 6.45) is 29.2. The zero-order valence-electron chi connectivity index (χ0n) is 31.9. The first-order valence-corrected chi connectivity index (χ1v) is 25.0. The van der Waals surface area contributed by atoms with Crippen LogP contribution in [-0.4, -0.2) is 9.97 Å². The average Bonchev–Trinajstić information content (AvgIpc) is 3.94. The van der Waals surface area contributed by atoms with Crippen LogP contribution in [0.15, 0.2) is 44.2 Å². The molecule has 5 heterocycles. The van der Waals surface area contributed by atoms with E-state index in [9.17, 15) is 0 Å². The number of halogens is 2. The Morgan fingerprint density at radius 3 is 1.06 bits per heavy atom. The molecule has 52 heavy (non-hydrogen) atoms. The molecule has 0 unspecified atom stereocenters. The molecule has 8 heteroatoms. The van der Waals surface area contributed by atoms with E-state index in [0.717, 1.165) is 37.1 Å². The Labute approximate surface area is 347 Å². The summed E-state index contributed by atoms with van der Waals surface area (Å²) < 4.78 is 2.60. The second-order valence-electron chi connectivity index (χ2n) is 14.3. The normalized spacial score (nSPS) is 11.7. The SMILES string of the molecule is CCCCCCc1cc(-c2sc(-c3cnc(-c4cc(CCCCCC)c(-c5cc(CCCCCC)c(Br)s5)s4)cn3)cc2CCCCCC)sc1Br. The van der Waals surface area contributed by atoms with E-state index in [1.807, 2.05) is 57.7 Å². The molecule has 0 aliphatic carbocycles. The minimum atomic E-state index is 0.983. The Morgan fingerprint density at radius 1 is 0.404 bits per heavy atom. The van der Waals surface area contributed by atoms with Crippen molar-refractivity contribution in [3.63, 3.8) is 0 Å². The molecule has 0 saturated heterocycles. The summed E-state index contributed by atoms with van der Waals surface area (Å²) in [5.74, 6) is 0. The lowest BCUT2D eigenvalue weighted by molar-refractivity contribution is 0.667. The van der Waals surface area contributed by atoms with Gasteiger partial charge in [0.05, 0.1) is 41.1 Å². The van der Waals surface area contributed by atoms with E-state index >= 15 is 0 Å². The van der Waals surface area contributed by atoms with Crippen LogP contribution in [0.4, 0.5) is 0 Å². The quantitative estimate of drug-likeness (QED) is 0.0577. The molecule has 0 saturated carbocycles. The third-order valence-corrected chi connectivity index (χ3v) is 16.6. The molecule has 0 aliphatic heterocycles. The van der Waals surface area contributed by atoms with Crippen molar-refractivity contribution < 1.29 is 0 Å². The van der Waals surface area contributed by atoms with Crippen LogP contribution in [0.3, 0.4) is 0 Å². The van der Waals surface area contributed by atoms with Gasteiger partial charge in [0, 0.05) is 19.5 Å². The summed E-state index contributed by atoms with van der Waals surface area (Å²) >= 11 is 15.5. The Balaban J connectivity index is 1.39. The summed E-state index contributed by atoms with van der Waals surface area (Å²) in [6, 6.07) is 9.74. The third-order valence-electron chi connectivity index (χ3n) is 9.94. The molecular formula is C44H58Br2N2S4. The van der Waals surface area contributed by atoms with Gasteiger partial charge in [0.25, 0.3) is 0 Å². The van der Waals surface area contributed by atoms with Crippen molar-refractivity contribution in [1.82, 2.24) is 9.97 Å². The van der Waals surface area contributed by atoms with Gasteiger partial charge in [-0.25, -0.2) is 0 Å². The van der Waals surface area contributed by atoms with E-state index in [1.54, 1.807) is 0 Å². The largest absolute Gasteiger partial charge is 0.251 e. The fourth-order valence-electron chi connectivity index (χ4n) is 6.83. The van der Waals surface area contributed by atoms with Gasteiger partial charge >= 0.3 is 0 Å². The highest BCUT2D eigenvalue weighted by molar-refractivity contribution is 9.11. The topological polar surface area (TPSA) is 25.8 Å². The Morgan fingerprint density at radius 2 is 0.731 bits per heavy atom. The van der Waals surface area contributed by atoms with Gasteiger partial charge < -0.3 is 0 Å². The zero-order chi connectivity index (χ0) is 36.7.